The summed E-state index contributed by atoms with van der Waals surface area (Å²) in [6.45, 7) is 0.219. The Morgan fingerprint density at radius 1 is 1.83 bits per heavy atom. The zero-order valence-electron chi connectivity index (χ0n) is 3.27. The summed E-state index contributed by atoms with van der Waals surface area (Å²) in [6.07, 6.45) is 0.309. The second kappa shape index (κ2) is 4.45. The number of nitrogens with zero attached hydrogens (tertiary/aromatic N) is 1. The van der Waals surface area contributed by atoms with Crippen LogP contribution >= 0.6 is 0 Å². The van der Waals surface area contributed by atoms with Crippen molar-refractivity contribution in [3.8, 4) is 6.07 Å². The van der Waals surface area contributed by atoms with Gasteiger partial charge >= 0.3 is 0 Å². The van der Waals surface area contributed by atoms with Crippen LogP contribution in [0.15, 0.2) is 0 Å². The number of nitriles is 1. The lowest BCUT2D eigenvalue weighted by atomic mass is 10.5. The van der Waals surface area contributed by atoms with E-state index in [9.17, 15) is 0 Å². The van der Waals surface area contributed by atoms with Gasteiger partial charge in [-0.25, -0.2) is 0 Å². The Kier molecular flexibility index (Phi) is 4.04. The molecule has 0 aromatic heterocycles. The van der Waals surface area contributed by atoms with Gasteiger partial charge in [0.25, 0.3) is 0 Å². The van der Waals surface area contributed by atoms with Crippen LogP contribution in [0.2, 0.25) is 0 Å². The third kappa shape index (κ3) is 3.45. The Morgan fingerprint density at radius 3 is 2.67 bits per heavy atom. The van der Waals surface area contributed by atoms with Crippen LogP contribution in [0.25, 0.3) is 0 Å². The monoisotopic (exact) mass is 82.0 g/mol. The van der Waals surface area contributed by atoms with Gasteiger partial charge in [-0.05, 0) is 0 Å². The minimum Gasteiger partial charge on any atom is -0.364 e. The van der Waals surface area contributed by atoms with Crippen LogP contribution in [0.3, 0.4) is 0 Å². The molecule has 3 radical (unpaired) electrons. The molecule has 0 aliphatic heterocycles. The molecule has 0 amide bonds. The zero-order valence-corrected chi connectivity index (χ0v) is 3.27. The molecule has 2 heteroatoms. The van der Waals surface area contributed by atoms with E-state index in [2.05, 4.69) is 4.74 Å². The highest BCUT2D eigenvalue weighted by Gasteiger charge is 1.74. The first kappa shape index (κ1) is 5.45. The van der Waals surface area contributed by atoms with Gasteiger partial charge in [0, 0.05) is 0 Å². The molecule has 0 saturated heterocycles. The number of hydrogen-bond donors (Lipinski definition) is 0. The van der Waals surface area contributed by atoms with Crippen molar-refractivity contribution in [2.24, 2.45) is 0 Å². The maximum Gasteiger partial charge on any atom is 0.173 e. The molecule has 0 rings (SSSR count). The molecule has 0 aromatic rings. The van der Waals surface area contributed by atoms with Crippen LogP contribution in [0.1, 0.15) is 6.42 Å². The lowest BCUT2D eigenvalue weighted by Gasteiger charge is -1.80. The Bertz CT molecular complexity index is 55.1. The van der Waals surface area contributed by atoms with E-state index in [0.29, 0.717) is 6.42 Å². The second-order valence-electron chi connectivity index (χ2n) is 0.757. The summed E-state index contributed by atoms with van der Waals surface area (Å²) in [5.41, 5.74) is 0. The Labute approximate surface area is 37.3 Å². The van der Waals surface area contributed by atoms with Gasteiger partial charge in [-0.3, -0.25) is 0 Å². The van der Waals surface area contributed by atoms with Gasteiger partial charge in [-0.1, -0.05) is 0 Å². The van der Waals surface area contributed by atoms with Crippen molar-refractivity contribution in [2.45, 2.75) is 6.42 Å². The molecule has 0 atom stereocenters. The molecule has 6 heavy (non-hydrogen) atoms. The topological polar surface area (TPSA) is 33.0 Å². The molecular formula is C4H4NO. The number of hydrogen-bond acceptors (Lipinski definition) is 2. The second-order valence-corrected chi connectivity index (χ2v) is 0.757. The molecule has 0 aliphatic rings. The summed E-state index contributed by atoms with van der Waals surface area (Å²) in [5.74, 6) is 0. The van der Waals surface area contributed by atoms with E-state index >= 15 is 0 Å². The Hall–Kier alpha value is -0.550. The van der Waals surface area contributed by atoms with Crippen LogP contribution in [0.4, 0.5) is 0 Å². The lowest BCUT2D eigenvalue weighted by Crippen LogP contribution is -1.80. The third-order valence-electron chi connectivity index (χ3n) is 0.316. The SMILES string of the molecule is [C]OCCC#N. The normalized spacial score (nSPS) is 7.33. The lowest BCUT2D eigenvalue weighted by molar-refractivity contribution is 0.250. The van der Waals surface area contributed by atoms with Crippen LogP contribution in [0, 0.1) is 18.4 Å². The van der Waals surface area contributed by atoms with E-state index < -0.39 is 0 Å². The average molecular weight is 82.1 g/mol. The Balaban J connectivity index is 2.54. The maximum atomic E-state index is 7.78. The fraction of sp³-hybridized carbons (Fsp3) is 0.500. The molecule has 0 aromatic carbocycles. The first-order valence-corrected chi connectivity index (χ1v) is 1.57. The average Bonchev–Trinajstić information content (AvgIpc) is 1.61. The third-order valence-corrected chi connectivity index (χ3v) is 0.316. The van der Waals surface area contributed by atoms with Crippen molar-refractivity contribution in [3.05, 3.63) is 7.11 Å². The van der Waals surface area contributed by atoms with E-state index in [4.69, 9.17) is 12.4 Å². The van der Waals surface area contributed by atoms with Gasteiger partial charge in [0.15, 0.2) is 7.11 Å². The van der Waals surface area contributed by atoms with Crippen molar-refractivity contribution in [1.29, 1.82) is 5.26 Å². The minimum absolute atomic E-state index is 0.219. The standard InChI is InChI=1S/C4H4NO/c1-6-4-2-3-5/h2,4H2. The number of ether oxygens (including phenoxy) is 1. The van der Waals surface area contributed by atoms with Crippen LogP contribution in [-0.2, 0) is 4.74 Å². The van der Waals surface area contributed by atoms with Gasteiger partial charge in [0.2, 0.25) is 0 Å². The van der Waals surface area contributed by atoms with E-state index in [1.165, 1.54) is 0 Å². The minimum atomic E-state index is 0.219. The summed E-state index contributed by atoms with van der Waals surface area (Å²) in [7, 11) is 6.05. The van der Waals surface area contributed by atoms with Crippen molar-refractivity contribution >= 4 is 0 Å². The van der Waals surface area contributed by atoms with E-state index in [-0.39, 0.29) is 6.61 Å². The van der Waals surface area contributed by atoms with Crippen molar-refractivity contribution in [1.82, 2.24) is 0 Å². The summed E-state index contributed by atoms with van der Waals surface area (Å²) in [5, 5.41) is 7.78. The van der Waals surface area contributed by atoms with Crippen LogP contribution < -0.4 is 0 Å². The summed E-state index contributed by atoms with van der Waals surface area (Å²) >= 11 is 0. The molecule has 0 aliphatic carbocycles. The first-order chi connectivity index (χ1) is 2.91. The van der Waals surface area contributed by atoms with Gasteiger partial charge in [0.1, 0.15) is 0 Å². The first-order valence-electron chi connectivity index (χ1n) is 1.57. The quantitative estimate of drug-likeness (QED) is 0.453. The highest BCUT2D eigenvalue weighted by Crippen LogP contribution is 1.73. The molecule has 0 unspecified atom stereocenters. The molecule has 0 heterocycles. The smallest absolute Gasteiger partial charge is 0.173 e. The highest BCUT2D eigenvalue weighted by molar-refractivity contribution is 4.66. The van der Waals surface area contributed by atoms with E-state index in [0.717, 1.165) is 0 Å². The maximum absolute atomic E-state index is 7.78. The Morgan fingerprint density at radius 2 is 2.50 bits per heavy atom. The van der Waals surface area contributed by atoms with Crippen LogP contribution in [0.5, 0.6) is 0 Å². The molecule has 0 spiro atoms. The molecule has 0 saturated carbocycles. The molecule has 0 N–H and O–H groups in total. The summed E-state index contributed by atoms with van der Waals surface area (Å²) < 4.78 is 3.81. The zero-order chi connectivity index (χ0) is 4.83. The molecule has 2 nitrogen and oxygen atoms in total. The van der Waals surface area contributed by atoms with Gasteiger partial charge in [-0.2, -0.15) is 5.26 Å². The molecule has 0 fully saturated rings. The van der Waals surface area contributed by atoms with Crippen molar-refractivity contribution < 1.29 is 4.74 Å². The fourth-order valence-electron chi connectivity index (χ4n) is 0.0967. The van der Waals surface area contributed by atoms with Gasteiger partial charge in [0.05, 0.1) is 19.1 Å². The predicted molar refractivity (Wildman–Crippen MR) is 19.4 cm³/mol. The largest absolute Gasteiger partial charge is 0.364 e. The highest BCUT2D eigenvalue weighted by atomic mass is 16.5. The van der Waals surface area contributed by atoms with Gasteiger partial charge in [-0.15, -0.1) is 0 Å². The van der Waals surface area contributed by atoms with Crippen molar-refractivity contribution in [3.63, 3.8) is 0 Å². The van der Waals surface area contributed by atoms with E-state index in [1.807, 2.05) is 6.07 Å². The number of rotatable bonds is 2. The van der Waals surface area contributed by atoms with E-state index in [1.54, 1.807) is 0 Å². The molecule has 31 valence electrons. The summed E-state index contributed by atoms with van der Waals surface area (Å²) in [6, 6.07) is 1.82. The van der Waals surface area contributed by atoms with Crippen LogP contribution in [-0.4, -0.2) is 6.61 Å². The predicted octanol–water partition coefficient (Wildman–Crippen LogP) is 0.462. The fourth-order valence-corrected chi connectivity index (χ4v) is 0.0967. The molecular weight excluding hydrogens is 78.0 g/mol. The molecule has 0 bridgehead atoms. The van der Waals surface area contributed by atoms with Crippen molar-refractivity contribution in [2.75, 3.05) is 6.61 Å². The van der Waals surface area contributed by atoms with Gasteiger partial charge < -0.3 is 4.74 Å². The summed E-state index contributed by atoms with van der Waals surface area (Å²) in [4.78, 5) is 0.